The average Bonchev–Trinajstić information content (AvgIpc) is 3.60. The Hall–Kier alpha value is -3.67. The van der Waals surface area contributed by atoms with Crippen molar-refractivity contribution in [2.24, 2.45) is 0 Å². The van der Waals surface area contributed by atoms with E-state index < -0.39 is 24.1 Å². The minimum atomic E-state index is -3.12. The Balaban J connectivity index is 1.42. The second-order valence-electron chi connectivity index (χ2n) is 9.29. The van der Waals surface area contributed by atoms with E-state index in [1.54, 1.807) is 0 Å². The zero-order chi connectivity index (χ0) is 25.7. The number of aromatic nitrogens is 6. The van der Waals surface area contributed by atoms with Crippen molar-refractivity contribution in [3.8, 4) is 17.1 Å². The van der Waals surface area contributed by atoms with Gasteiger partial charge in [0.25, 0.3) is 0 Å². The third-order valence-electron chi connectivity index (χ3n) is 6.63. The number of fused-ring (bicyclic) bond motifs is 1. The number of aryl methyl sites for hydroxylation is 1. The molecule has 1 aliphatic carbocycles. The van der Waals surface area contributed by atoms with E-state index in [0.717, 1.165) is 30.5 Å². The maximum atomic E-state index is 14.9. The van der Waals surface area contributed by atoms with E-state index in [1.807, 2.05) is 17.1 Å². The van der Waals surface area contributed by atoms with Gasteiger partial charge in [-0.3, -0.25) is 4.68 Å². The van der Waals surface area contributed by atoms with Crippen LogP contribution in [-0.4, -0.2) is 42.9 Å². The molecule has 0 unspecified atom stereocenters. The zero-order valence-corrected chi connectivity index (χ0v) is 19.7. The van der Waals surface area contributed by atoms with Crippen LogP contribution in [0.25, 0.3) is 22.4 Å². The molecule has 12 heteroatoms. The number of nitrogens with zero attached hydrogens (tertiary/aromatic N) is 6. The number of hydrogen-bond acceptors (Lipinski definition) is 7. The van der Waals surface area contributed by atoms with Crippen molar-refractivity contribution in [1.29, 1.82) is 0 Å². The summed E-state index contributed by atoms with van der Waals surface area (Å²) in [6.45, 7) is -1.20. The Morgan fingerprint density at radius 1 is 1.08 bits per heavy atom. The lowest BCUT2D eigenvalue weighted by atomic mass is 9.92. The average molecular weight is 514 g/mol. The summed E-state index contributed by atoms with van der Waals surface area (Å²) in [6, 6.07) is 3.49. The van der Waals surface area contributed by atoms with E-state index in [0.29, 0.717) is 31.3 Å². The molecule has 1 aliphatic heterocycles. The van der Waals surface area contributed by atoms with Gasteiger partial charge in [-0.15, -0.1) is 0 Å². The first-order chi connectivity index (χ1) is 17.9. The third kappa shape index (κ3) is 4.73. The SMILES string of the molecule is Cc1nc2nc([C@H]3CCO[C@@H](c4cnn(C5CC5)c4)C3)nc(-c3ccc(F)cc3F)c2nc1OC(F)F. The van der Waals surface area contributed by atoms with Gasteiger partial charge < -0.3 is 9.47 Å². The van der Waals surface area contributed by atoms with Crippen molar-refractivity contribution in [3.63, 3.8) is 0 Å². The molecule has 0 spiro atoms. The lowest BCUT2D eigenvalue weighted by molar-refractivity contribution is -0.0534. The predicted octanol–water partition coefficient (Wildman–Crippen LogP) is 5.44. The molecule has 0 radical (unpaired) electrons. The Morgan fingerprint density at radius 3 is 2.68 bits per heavy atom. The van der Waals surface area contributed by atoms with Gasteiger partial charge in [0.2, 0.25) is 5.88 Å². The second-order valence-corrected chi connectivity index (χ2v) is 9.29. The Kier molecular flexibility index (Phi) is 5.98. The highest BCUT2D eigenvalue weighted by molar-refractivity contribution is 5.87. The minimum absolute atomic E-state index is 0.0220. The van der Waals surface area contributed by atoms with Gasteiger partial charge in [0.1, 0.15) is 34.4 Å². The van der Waals surface area contributed by atoms with Gasteiger partial charge in [-0.05, 0) is 44.7 Å². The van der Waals surface area contributed by atoms with Crippen LogP contribution in [0.1, 0.15) is 60.8 Å². The maximum Gasteiger partial charge on any atom is 0.388 e. The van der Waals surface area contributed by atoms with Crippen LogP contribution in [0.15, 0.2) is 30.6 Å². The Bertz CT molecular complexity index is 1480. The summed E-state index contributed by atoms with van der Waals surface area (Å²) >= 11 is 0. The number of ether oxygens (including phenoxy) is 2. The summed E-state index contributed by atoms with van der Waals surface area (Å²) in [6.07, 6.45) is 7.01. The van der Waals surface area contributed by atoms with E-state index in [9.17, 15) is 17.6 Å². The van der Waals surface area contributed by atoms with E-state index in [2.05, 4.69) is 29.8 Å². The van der Waals surface area contributed by atoms with Gasteiger partial charge in [-0.2, -0.15) is 13.9 Å². The van der Waals surface area contributed by atoms with E-state index >= 15 is 0 Å². The summed E-state index contributed by atoms with van der Waals surface area (Å²) in [5.74, 6) is -1.81. The van der Waals surface area contributed by atoms with Crippen LogP contribution in [0.5, 0.6) is 5.88 Å². The van der Waals surface area contributed by atoms with E-state index in [1.165, 1.54) is 13.0 Å². The minimum Gasteiger partial charge on any atom is -0.415 e. The van der Waals surface area contributed by atoms with Crippen molar-refractivity contribution < 1.29 is 27.0 Å². The number of alkyl halides is 2. The normalized spacial score (nSPS) is 20.1. The van der Waals surface area contributed by atoms with Gasteiger partial charge in [0.05, 0.1) is 18.3 Å². The molecule has 6 rings (SSSR count). The fourth-order valence-electron chi connectivity index (χ4n) is 4.60. The molecule has 8 nitrogen and oxygen atoms in total. The van der Waals surface area contributed by atoms with Gasteiger partial charge >= 0.3 is 6.61 Å². The van der Waals surface area contributed by atoms with Crippen LogP contribution < -0.4 is 4.74 Å². The van der Waals surface area contributed by atoms with Gasteiger partial charge in [-0.25, -0.2) is 28.7 Å². The second kappa shape index (κ2) is 9.33. The monoisotopic (exact) mass is 514 g/mol. The first kappa shape index (κ1) is 23.7. The van der Waals surface area contributed by atoms with Crippen LogP contribution in [0.2, 0.25) is 0 Å². The third-order valence-corrected chi connectivity index (χ3v) is 6.63. The maximum absolute atomic E-state index is 14.9. The van der Waals surface area contributed by atoms with Crippen LogP contribution in [-0.2, 0) is 4.74 Å². The lowest BCUT2D eigenvalue weighted by Gasteiger charge is -2.28. The standard InChI is InChI=1S/C25H22F4N6O2/c1-12-24(37-25(28)29)33-21-20(17-5-2-15(26)9-18(17)27)32-22(34-23(21)31-12)13-6-7-36-19(8-13)14-10-30-35(11-14)16-3-4-16/h2,5,9-11,13,16,19,25H,3-4,6-8H2,1H3/t13-,19+/m0/s1. The van der Waals surface area contributed by atoms with Crippen molar-refractivity contribution >= 4 is 11.2 Å². The first-order valence-corrected chi connectivity index (χ1v) is 12.0. The molecule has 1 aromatic carbocycles. The molecule has 2 aliphatic rings. The summed E-state index contributed by atoms with van der Waals surface area (Å²) in [7, 11) is 0. The van der Waals surface area contributed by atoms with Crippen molar-refractivity contribution in [3.05, 3.63) is 59.3 Å². The topological polar surface area (TPSA) is 87.8 Å². The molecule has 4 aromatic rings. The first-order valence-electron chi connectivity index (χ1n) is 12.0. The number of hydrogen-bond donors (Lipinski definition) is 0. The van der Waals surface area contributed by atoms with Gasteiger partial charge in [0.15, 0.2) is 5.65 Å². The predicted molar refractivity (Wildman–Crippen MR) is 123 cm³/mol. The largest absolute Gasteiger partial charge is 0.415 e. The molecular weight excluding hydrogens is 492 g/mol. The molecule has 1 saturated heterocycles. The number of rotatable bonds is 6. The summed E-state index contributed by atoms with van der Waals surface area (Å²) in [4.78, 5) is 17.6. The Labute approximate surface area is 208 Å². The molecule has 0 N–H and O–H groups in total. The summed E-state index contributed by atoms with van der Waals surface area (Å²) < 4.78 is 66.8. The fourth-order valence-corrected chi connectivity index (χ4v) is 4.60. The lowest BCUT2D eigenvalue weighted by Crippen LogP contribution is -2.20. The smallest absolute Gasteiger partial charge is 0.388 e. The van der Waals surface area contributed by atoms with Crippen molar-refractivity contribution in [1.82, 2.24) is 29.7 Å². The van der Waals surface area contributed by atoms with Crippen LogP contribution in [0.3, 0.4) is 0 Å². The highest BCUT2D eigenvalue weighted by atomic mass is 19.3. The highest BCUT2D eigenvalue weighted by Gasteiger charge is 2.31. The molecule has 2 fully saturated rings. The molecule has 192 valence electrons. The molecule has 2 atom stereocenters. The van der Waals surface area contributed by atoms with Crippen LogP contribution in [0, 0.1) is 18.6 Å². The van der Waals surface area contributed by atoms with Crippen LogP contribution >= 0.6 is 0 Å². The molecule has 1 saturated carbocycles. The molecule has 3 aromatic heterocycles. The van der Waals surface area contributed by atoms with Crippen molar-refractivity contribution in [2.75, 3.05) is 6.61 Å². The fraction of sp³-hybridized carbons (Fsp3) is 0.400. The Morgan fingerprint density at radius 2 is 1.92 bits per heavy atom. The molecule has 4 heterocycles. The molecule has 37 heavy (non-hydrogen) atoms. The van der Waals surface area contributed by atoms with E-state index in [-0.39, 0.29) is 40.1 Å². The van der Waals surface area contributed by atoms with Gasteiger partial charge in [-0.1, -0.05) is 0 Å². The highest BCUT2D eigenvalue weighted by Crippen LogP contribution is 2.40. The number of halogens is 4. The number of benzene rings is 1. The van der Waals surface area contributed by atoms with E-state index in [4.69, 9.17) is 4.74 Å². The van der Waals surface area contributed by atoms with Crippen molar-refractivity contribution in [2.45, 2.75) is 57.3 Å². The summed E-state index contributed by atoms with van der Waals surface area (Å²) in [5.41, 5.74) is 1.11. The zero-order valence-electron chi connectivity index (χ0n) is 19.7. The molecule has 0 bridgehead atoms. The molecule has 0 amide bonds. The molecular formula is C25H22F4N6O2. The summed E-state index contributed by atoms with van der Waals surface area (Å²) in [5, 5.41) is 4.45. The quantitative estimate of drug-likeness (QED) is 0.317. The van der Waals surface area contributed by atoms with Gasteiger partial charge in [0, 0.05) is 35.9 Å². The van der Waals surface area contributed by atoms with Crippen LogP contribution in [0.4, 0.5) is 17.6 Å².